The van der Waals surface area contributed by atoms with Gasteiger partial charge >= 0.3 is 0 Å². The van der Waals surface area contributed by atoms with Crippen LogP contribution in [0.25, 0.3) is 0 Å². The van der Waals surface area contributed by atoms with Gasteiger partial charge in [-0.3, -0.25) is 4.79 Å². The first kappa shape index (κ1) is 19.5. The number of anilines is 1. The van der Waals surface area contributed by atoms with Gasteiger partial charge in [-0.1, -0.05) is 6.07 Å². The first-order valence-electron chi connectivity index (χ1n) is 8.66. The molecule has 0 aliphatic heterocycles. The summed E-state index contributed by atoms with van der Waals surface area (Å²) >= 11 is 0. The molecule has 0 fully saturated rings. The Morgan fingerprint density at radius 3 is 2.38 bits per heavy atom. The van der Waals surface area contributed by atoms with Crippen molar-refractivity contribution in [3.8, 4) is 11.8 Å². The minimum absolute atomic E-state index is 0.0446. The number of nitrogens with zero attached hydrogens (tertiary/aromatic N) is 2. The Morgan fingerprint density at radius 2 is 1.77 bits per heavy atom. The molecule has 1 amide bonds. The number of amides is 1. The van der Waals surface area contributed by atoms with Crippen molar-refractivity contribution >= 4 is 11.6 Å². The summed E-state index contributed by atoms with van der Waals surface area (Å²) in [5.41, 5.74) is 3.65. The van der Waals surface area contributed by atoms with E-state index < -0.39 is 0 Å². The molecule has 0 heterocycles. The Kier molecular flexibility index (Phi) is 7.19. The molecule has 26 heavy (non-hydrogen) atoms. The first-order valence-corrected chi connectivity index (χ1v) is 8.66. The molecule has 1 N–H and O–H groups in total. The maximum atomic E-state index is 12.0. The number of aryl methyl sites for hydroxylation is 2. The third kappa shape index (κ3) is 6.58. The summed E-state index contributed by atoms with van der Waals surface area (Å²) in [5.74, 6) is 0.839. The Balaban J connectivity index is 1.68. The van der Waals surface area contributed by atoms with Crippen molar-refractivity contribution in [2.75, 3.05) is 32.1 Å². The van der Waals surface area contributed by atoms with Crippen molar-refractivity contribution in [1.82, 2.24) is 4.90 Å². The van der Waals surface area contributed by atoms with E-state index in [1.165, 1.54) is 11.1 Å². The van der Waals surface area contributed by atoms with Crippen LogP contribution < -0.4 is 10.1 Å². The topological polar surface area (TPSA) is 65.4 Å². The zero-order valence-electron chi connectivity index (χ0n) is 15.6. The number of benzene rings is 2. The number of carbonyl (C=O) groups excluding carboxylic acids is 1. The summed E-state index contributed by atoms with van der Waals surface area (Å²) in [6, 6.07) is 15.1. The molecular formula is C21H25N3O2. The molecule has 5 heteroatoms. The molecule has 0 spiro atoms. The second kappa shape index (κ2) is 9.59. The Bertz CT molecular complexity index is 759. The third-order valence-corrected chi connectivity index (χ3v) is 3.96. The molecular weight excluding hydrogens is 326 g/mol. The molecule has 0 atom stereocenters. The van der Waals surface area contributed by atoms with Crippen molar-refractivity contribution in [2.24, 2.45) is 0 Å². The molecule has 0 saturated carbocycles. The van der Waals surface area contributed by atoms with Crippen LogP contribution in [-0.4, -0.2) is 37.6 Å². The largest absolute Gasteiger partial charge is 0.492 e. The van der Waals surface area contributed by atoms with Gasteiger partial charge < -0.3 is 15.0 Å². The van der Waals surface area contributed by atoms with Gasteiger partial charge in [-0.15, -0.1) is 0 Å². The maximum Gasteiger partial charge on any atom is 0.225 e. The minimum Gasteiger partial charge on any atom is -0.492 e. The van der Waals surface area contributed by atoms with Gasteiger partial charge in [0.25, 0.3) is 0 Å². The van der Waals surface area contributed by atoms with E-state index in [2.05, 4.69) is 36.2 Å². The van der Waals surface area contributed by atoms with Gasteiger partial charge in [0.2, 0.25) is 5.91 Å². The van der Waals surface area contributed by atoms with Crippen molar-refractivity contribution < 1.29 is 9.53 Å². The summed E-state index contributed by atoms with van der Waals surface area (Å²) in [6.07, 6.45) is 0.403. The van der Waals surface area contributed by atoms with Gasteiger partial charge in [-0.05, 0) is 68.4 Å². The SMILES string of the molecule is Cc1cc(C)cc(OCCN(C)CCC(=O)Nc2ccc(C#N)cc2)c1. The highest BCUT2D eigenvalue weighted by Gasteiger charge is 2.06. The summed E-state index contributed by atoms with van der Waals surface area (Å²) < 4.78 is 5.79. The number of carbonyl (C=O) groups is 1. The number of hydrogen-bond donors (Lipinski definition) is 1. The van der Waals surface area contributed by atoms with Gasteiger partial charge in [-0.25, -0.2) is 0 Å². The van der Waals surface area contributed by atoms with Crippen molar-refractivity contribution in [1.29, 1.82) is 5.26 Å². The molecule has 2 rings (SSSR count). The summed E-state index contributed by atoms with van der Waals surface area (Å²) in [7, 11) is 1.97. The van der Waals surface area contributed by atoms with Crippen LogP contribution >= 0.6 is 0 Å². The Hall–Kier alpha value is -2.84. The van der Waals surface area contributed by atoms with Crippen LogP contribution in [0.3, 0.4) is 0 Å². The van der Waals surface area contributed by atoms with E-state index >= 15 is 0 Å². The fraction of sp³-hybridized carbons (Fsp3) is 0.333. The number of likely N-dealkylation sites (N-methyl/N-ethyl adjacent to an activating group) is 1. The van der Waals surface area contributed by atoms with E-state index in [4.69, 9.17) is 10.00 Å². The van der Waals surface area contributed by atoms with Gasteiger partial charge in [0, 0.05) is 25.2 Å². The normalized spacial score (nSPS) is 10.4. The summed E-state index contributed by atoms with van der Waals surface area (Å²) in [5, 5.41) is 11.6. The highest BCUT2D eigenvalue weighted by molar-refractivity contribution is 5.90. The number of ether oxygens (including phenoxy) is 1. The second-order valence-electron chi connectivity index (χ2n) is 6.46. The van der Waals surface area contributed by atoms with E-state index in [1.54, 1.807) is 24.3 Å². The lowest BCUT2D eigenvalue weighted by Gasteiger charge is -2.17. The van der Waals surface area contributed by atoms with Crippen LogP contribution in [0.1, 0.15) is 23.1 Å². The number of nitrogens with one attached hydrogen (secondary N) is 1. The average molecular weight is 351 g/mol. The van der Waals surface area contributed by atoms with Gasteiger partial charge in [0.1, 0.15) is 12.4 Å². The van der Waals surface area contributed by atoms with Crippen LogP contribution in [-0.2, 0) is 4.79 Å². The highest BCUT2D eigenvalue weighted by Crippen LogP contribution is 2.16. The maximum absolute atomic E-state index is 12.0. The summed E-state index contributed by atoms with van der Waals surface area (Å²) in [4.78, 5) is 14.1. The van der Waals surface area contributed by atoms with Gasteiger partial charge in [0.05, 0.1) is 11.6 Å². The molecule has 0 radical (unpaired) electrons. The monoisotopic (exact) mass is 351 g/mol. The average Bonchev–Trinajstić information content (AvgIpc) is 2.60. The predicted molar refractivity (Wildman–Crippen MR) is 103 cm³/mol. The lowest BCUT2D eigenvalue weighted by Crippen LogP contribution is -2.28. The van der Waals surface area contributed by atoms with Gasteiger partial charge in [-0.2, -0.15) is 5.26 Å². The van der Waals surface area contributed by atoms with E-state index in [1.807, 2.05) is 19.2 Å². The number of rotatable bonds is 8. The molecule has 0 unspecified atom stereocenters. The second-order valence-corrected chi connectivity index (χ2v) is 6.46. The quantitative estimate of drug-likeness (QED) is 0.790. The highest BCUT2D eigenvalue weighted by atomic mass is 16.5. The number of nitriles is 1. The van der Waals surface area contributed by atoms with E-state index in [9.17, 15) is 4.79 Å². The number of hydrogen-bond acceptors (Lipinski definition) is 4. The van der Waals surface area contributed by atoms with Crippen molar-refractivity contribution in [3.63, 3.8) is 0 Å². The first-order chi connectivity index (χ1) is 12.5. The molecule has 5 nitrogen and oxygen atoms in total. The lowest BCUT2D eigenvalue weighted by molar-refractivity contribution is -0.116. The third-order valence-electron chi connectivity index (χ3n) is 3.96. The van der Waals surface area contributed by atoms with Crippen LogP contribution in [0.5, 0.6) is 5.75 Å². The Labute approximate surface area is 155 Å². The fourth-order valence-electron chi connectivity index (χ4n) is 2.59. The standard InChI is InChI=1S/C21H25N3O2/c1-16-12-17(2)14-20(13-16)26-11-10-24(3)9-8-21(25)23-19-6-4-18(15-22)5-7-19/h4-7,12-14H,8-11H2,1-3H3,(H,23,25). The molecule has 0 bridgehead atoms. The molecule has 136 valence electrons. The minimum atomic E-state index is -0.0446. The zero-order valence-corrected chi connectivity index (χ0v) is 15.6. The summed E-state index contributed by atoms with van der Waals surface area (Å²) in [6.45, 7) is 6.09. The van der Waals surface area contributed by atoms with Crippen LogP contribution in [0.4, 0.5) is 5.69 Å². The smallest absolute Gasteiger partial charge is 0.225 e. The van der Waals surface area contributed by atoms with Crippen LogP contribution in [0.15, 0.2) is 42.5 Å². The van der Waals surface area contributed by atoms with E-state index in [0.717, 1.165) is 12.3 Å². The molecule has 0 saturated heterocycles. The molecule has 0 aliphatic carbocycles. The zero-order chi connectivity index (χ0) is 18.9. The van der Waals surface area contributed by atoms with Crippen molar-refractivity contribution in [2.45, 2.75) is 20.3 Å². The fourth-order valence-corrected chi connectivity index (χ4v) is 2.59. The van der Waals surface area contributed by atoms with Crippen molar-refractivity contribution in [3.05, 3.63) is 59.2 Å². The molecule has 0 aliphatic rings. The lowest BCUT2D eigenvalue weighted by atomic mass is 10.1. The molecule has 2 aromatic rings. The van der Waals surface area contributed by atoms with Crippen LogP contribution in [0, 0.1) is 25.2 Å². The van der Waals surface area contributed by atoms with Gasteiger partial charge in [0.15, 0.2) is 0 Å². The predicted octanol–water partition coefficient (Wildman–Crippen LogP) is 3.51. The Morgan fingerprint density at radius 1 is 1.12 bits per heavy atom. The molecule has 2 aromatic carbocycles. The van der Waals surface area contributed by atoms with Crippen LogP contribution in [0.2, 0.25) is 0 Å². The van der Waals surface area contributed by atoms with E-state index in [0.29, 0.717) is 30.8 Å². The van der Waals surface area contributed by atoms with E-state index in [-0.39, 0.29) is 5.91 Å². The molecule has 0 aromatic heterocycles.